The van der Waals surface area contributed by atoms with Gasteiger partial charge < -0.3 is 10.6 Å². The smallest absolute Gasteiger partial charge is 0.214 e. The number of hydrogen-bond donors (Lipinski definition) is 2. The number of aromatic nitrogens is 2. The molecule has 122 valence electrons. The van der Waals surface area contributed by atoms with Gasteiger partial charge in [-0.05, 0) is 32.7 Å². The summed E-state index contributed by atoms with van der Waals surface area (Å²) < 4.78 is 25.8. The molecule has 2 aliphatic heterocycles. The molecule has 8 heteroatoms. The SMILES string of the molecule is CCS(=O)(=O)N1CCc2c(nc(C3CCCN3)nc2NC)C1. The van der Waals surface area contributed by atoms with Gasteiger partial charge in [-0.15, -0.1) is 0 Å². The van der Waals surface area contributed by atoms with Crippen LogP contribution in [0.15, 0.2) is 0 Å². The van der Waals surface area contributed by atoms with Gasteiger partial charge in [-0.2, -0.15) is 4.31 Å². The Hall–Kier alpha value is -1.25. The van der Waals surface area contributed by atoms with Crippen LogP contribution in [0, 0.1) is 0 Å². The van der Waals surface area contributed by atoms with Crippen molar-refractivity contribution in [3.63, 3.8) is 0 Å². The van der Waals surface area contributed by atoms with Crippen LogP contribution in [-0.2, 0) is 23.0 Å². The van der Waals surface area contributed by atoms with Crippen molar-refractivity contribution in [1.29, 1.82) is 0 Å². The standard InChI is InChI=1S/C14H23N5O2S/c1-3-22(20,21)19-8-6-10-12(9-19)17-14(18-13(10)15-2)11-5-4-7-16-11/h11,16H,3-9H2,1-2H3,(H,15,17,18). The van der Waals surface area contributed by atoms with Crippen molar-refractivity contribution in [3.05, 3.63) is 17.1 Å². The molecule has 2 N–H and O–H groups in total. The summed E-state index contributed by atoms with van der Waals surface area (Å²) in [4.78, 5) is 9.32. The van der Waals surface area contributed by atoms with E-state index in [1.54, 1.807) is 6.92 Å². The summed E-state index contributed by atoms with van der Waals surface area (Å²) in [7, 11) is -1.33. The monoisotopic (exact) mass is 325 g/mol. The maximum Gasteiger partial charge on any atom is 0.214 e. The Balaban J connectivity index is 1.96. The lowest BCUT2D eigenvalue weighted by Gasteiger charge is -2.28. The van der Waals surface area contributed by atoms with Crippen LogP contribution in [0.3, 0.4) is 0 Å². The van der Waals surface area contributed by atoms with E-state index in [0.717, 1.165) is 42.3 Å². The maximum absolute atomic E-state index is 12.1. The minimum atomic E-state index is -3.18. The van der Waals surface area contributed by atoms with Crippen molar-refractivity contribution >= 4 is 15.8 Å². The van der Waals surface area contributed by atoms with Gasteiger partial charge in [0, 0.05) is 19.2 Å². The van der Waals surface area contributed by atoms with Crippen LogP contribution in [0.4, 0.5) is 5.82 Å². The normalized spacial score (nSPS) is 22.5. The molecular weight excluding hydrogens is 302 g/mol. The summed E-state index contributed by atoms with van der Waals surface area (Å²) >= 11 is 0. The van der Waals surface area contributed by atoms with E-state index in [9.17, 15) is 8.42 Å². The molecule has 1 fully saturated rings. The van der Waals surface area contributed by atoms with Gasteiger partial charge in [0.25, 0.3) is 0 Å². The van der Waals surface area contributed by atoms with Gasteiger partial charge in [0.1, 0.15) is 11.6 Å². The minimum Gasteiger partial charge on any atom is -0.373 e. The van der Waals surface area contributed by atoms with Crippen molar-refractivity contribution in [3.8, 4) is 0 Å². The summed E-state index contributed by atoms with van der Waals surface area (Å²) in [5, 5.41) is 6.54. The molecule has 0 radical (unpaired) electrons. The van der Waals surface area contributed by atoms with Gasteiger partial charge in [-0.3, -0.25) is 0 Å². The number of hydrogen-bond acceptors (Lipinski definition) is 6. The second kappa shape index (κ2) is 6.10. The molecule has 3 heterocycles. The molecule has 7 nitrogen and oxygen atoms in total. The topological polar surface area (TPSA) is 87.2 Å². The number of anilines is 1. The predicted octanol–water partition coefficient (Wildman–Crippen LogP) is 0.651. The first-order valence-electron chi connectivity index (χ1n) is 7.83. The highest BCUT2D eigenvalue weighted by molar-refractivity contribution is 7.89. The average Bonchev–Trinajstić information content (AvgIpc) is 3.07. The van der Waals surface area contributed by atoms with E-state index in [1.165, 1.54) is 4.31 Å². The number of rotatable bonds is 4. The lowest BCUT2D eigenvalue weighted by atomic mass is 10.1. The molecule has 2 aliphatic rings. The van der Waals surface area contributed by atoms with Gasteiger partial charge >= 0.3 is 0 Å². The molecule has 0 amide bonds. The van der Waals surface area contributed by atoms with Crippen LogP contribution < -0.4 is 10.6 Å². The highest BCUT2D eigenvalue weighted by Crippen LogP contribution is 2.28. The molecule has 0 saturated carbocycles. The van der Waals surface area contributed by atoms with Crippen LogP contribution in [0.1, 0.15) is 42.9 Å². The van der Waals surface area contributed by atoms with E-state index in [4.69, 9.17) is 0 Å². The Kier molecular flexibility index (Phi) is 4.33. The van der Waals surface area contributed by atoms with E-state index in [-0.39, 0.29) is 11.8 Å². The Labute approximate surface area is 131 Å². The van der Waals surface area contributed by atoms with Crippen molar-refractivity contribution < 1.29 is 8.42 Å². The lowest BCUT2D eigenvalue weighted by molar-refractivity contribution is 0.384. The minimum absolute atomic E-state index is 0.128. The molecule has 3 rings (SSSR count). The first-order valence-corrected chi connectivity index (χ1v) is 9.44. The molecule has 0 bridgehead atoms. The first kappa shape index (κ1) is 15.6. The zero-order valence-corrected chi connectivity index (χ0v) is 13.9. The largest absolute Gasteiger partial charge is 0.373 e. The van der Waals surface area contributed by atoms with Crippen molar-refractivity contribution in [1.82, 2.24) is 19.6 Å². The number of sulfonamides is 1. The van der Waals surface area contributed by atoms with Gasteiger partial charge in [-0.1, -0.05) is 0 Å². The van der Waals surface area contributed by atoms with E-state index < -0.39 is 10.0 Å². The molecule has 0 spiro atoms. The molecule has 1 atom stereocenters. The van der Waals surface area contributed by atoms with E-state index in [2.05, 4.69) is 20.6 Å². The summed E-state index contributed by atoms with van der Waals surface area (Å²) in [5.41, 5.74) is 1.89. The summed E-state index contributed by atoms with van der Waals surface area (Å²) in [6.45, 7) is 3.51. The van der Waals surface area contributed by atoms with Crippen molar-refractivity contribution in [2.75, 3.05) is 31.2 Å². The Morgan fingerprint density at radius 3 is 2.86 bits per heavy atom. The molecule has 1 aromatic heterocycles. The highest BCUT2D eigenvalue weighted by atomic mass is 32.2. The third-order valence-electron chi connectivity index (χ3n) is 4.41. The third-order valence-corrected chi connectivity index (χ3v) is 6.24. The second-order valence-electron chi connectivity index (χ2n) is 5.74. The van der Waals surface area contributed by atoms with Crippen LogP contribution in [0.5, 0.6) is 0 Å². The molecule has 0 aromatic carbocycles. The van der Waals surface area contributed by atoms with Crippen molar-refractivity contribution in [2.45, 2.75) is 38.8 Å². The van der Waals surface area contributed by atoms with Crippen LogP contribution >= 0.6 is 0 Å². The fourth-order valence-corrected chi connectivity index (χ4v) is 4.17. The third kappa shape index (κ3) is 2.82. The molecule has 1 saturated heterocycles. The van der Waals surface area contributed by atoms with Crippen LogP contribution in [0.2, 0.25) is 0 Å². The Bertz CT molecular complexity index is 655. The van der Waals surface area contributed by atoms with Crippen molar-refractivity contribution in [2.24, 2.45) is 0 Å². The van der Waals surface area contributed by atoms with Gasteiger partial charge in [-0.25, -0.2) is 18.4 Å². The summed E-state index contributed by atoms with van der Waals surface area (Å²) in [5.74, 6) is 1.74. The van der Waals surface area contributed by atoms with E-state index in [0.29, 0.717) is 19.5 Å². The molecular formula is C14H23N5O2S. The van der Waals surface area contributed by atoms with Gasteiger partial charge in [0.05, 0.1) is 24.0 Å². The number of fused-ring (bicyclic) bond motifs is 1. The quantitative estimate of drug-likeness (QED) is 0.845. The highest BCUT2D eigenvalue weighted by Gasteiger charge is 2.30. The number of nitrogens with zero attached hydrogens (tertiary/aromatic N) is 3. The first-order chi connectivity index (χ1) is 10.5. The Morgan fingerprint density at radius 1 is 1.41 bits per heavy atom. The summed E-state index contributed by atoms with van der Waals surface area (Å²) in [6.07, 6.45) is 2.80. The van der Waals surface area contributed by atoms with Crippen LogP contribution in [0.25, 0.3) is 0 Å². The van der Waals surface area contributed by atoms with E-state index >= 15 is 0 Å². The molecule has 1 unspecified atom stereocenters. The fraction of sp³-hybridized carbons (Fsp3) is 0.714. The predicted molar refractivity (Wildman–Crippen MR) is 85.1 cm³/mol. The zero-order chi connectivity index (χ0) is 15.7. The molecule has 22 heavy (non-hydrogen) atoms. The maximum atomic E-state index is 12.1. The Morgan fingerprint density at radius 2 is 2.23 bits per heavy atom. The fourth-order valence-electron chi connectivity index (χ4n) is 3.11. The van der Waals surface area contributed by atoms with Crippen LogP contribution in [-0.4, -0.2) is 48.6 Å². The zero-order valence-electron chi connectivity index (χ0n) is 13.1. The van der Waals surface area contributed by atoms with E-state index in [1.807, 2.05) is 7.05 Å². The molecule has 0 aliphatic carbocycles. The van der Waals surface area contributed by atoms with Gasteiger partial charge in [0.2, 0.25) is 10.0 Å². The lowest BCUT2D eigenvalue weighted by Crippen LogP contribution is -2.38. The number of nitrogens with one attached hydrogen (secondary N) is 2. The molecule has 1 aromatic rings. The average molecular weight is 325 g/mol. The van der Waals surface area contributed by atoms with Gasteiger partial charge in [0.15, 0.2) is 0 Å². The summed E-state index contributed by atoms with van der Waals surface area (Å²) in [6, 6.07) is 0.176. The second-order valence-corrected chi connectivity index (χ2v) is 8.00.